The Labute approximate surface area is 118 Å². The molecular formula is C14H21N3O3. The van der Waals surface area contributed by atoms with Gasteiger partial charge in [-0.15, -0.1) is 0 Å². The van der Waals surface area contributed by atoms with Crippen LogP contribution in [0.5, 0.6) is 0 Å². The first-order chi connectivity index (χ1) is 9.40. The van der Waals surface area contributed by atoms with Gasteiger partial charge in [0.1, 0.15) is 0 Å². The van der Waals surface area contributed by atoms with E-state index in [-0.39, 0.29) is 17.5 Å². The number of carbonyl (C=O) groups is 2. The molecule has 0 bridgehead atoms. The fraction of sp³-hybridized carbons (Fsp3) is 0.500. The highest BCUT2D eigenvalue weighted by Crippen LogP contribution is 2.00. The molecule has 1 atom stereocenters. The number of aromatic carboxylic acids is 1. The molecular weight excluding hydrogens is 258 g/mol. The van der Waals surface area contributed by atoms with E-state index in [2.05, 4.69) is 15.6 Å². The number of hydrogen-bond acceptors (Lipinski definition) is 4. The van der Waals surface area contributed by atoms with E-state index in [0.29, 0.717) is 24.7 Å². The van der Waals surface area contributed by atoms with Crippen molar-refractivity contribution >= 4 is 11.9 Å². The SMILES string of the molecule is CC(C)CNC(=O)C(C)NCc1ccc(C(=O)O)cn1. The van der Waals surface area contributed by atoms with E-state index in [0.717, 1.165) is 0 Å². The summed E-state index contributed by atoms with van der Waals surface area (Å²) in [5.41, 5.74) is 0.843. The standard InChI is InChI=1S/C14H21N3O3/c1-9(2)6-17-13(18)10(3)15-8-12-5-4-11(7-16-12)14(19)20/h4-5,7,9-10,15H,6,8H2,1-3H3,(H,17,18)(H,19,20). The summed E-state index contributed by atoms with van der Waals surface area (Å²) in [6, 6.07) is 2.81. The maximum atomic E-state index is 11.7. The predicted molar refractivity (Wildman–Crippen MR) is 75.3 cm³/mol. The van der Waals surface area contributed by atoms with Crippen molar-refractivity contribution in [2.75, 3.05) is 6.54 Å². The van der Waals surface area contributed by atoms with Gasteiger partial charge in [0.2, 0.25) is 5.91 Å². The average Bonchev–Trinajstić information content (AvgIpc) is 2.42. The van der Waals surface area contributed by atoms with Gasteiger partial charge in [-0.3, -0.25) is 9.78 Å². The molecule has 0 fully saturated rings. The van der Waals surface area contributed by atoms with Crippen LogP contribution in [0, 0.1) is 5.92 Å². The molecule has 0 saturated carbocycles. The zero-order chi connectivity index (χ0) is 15.1. The Balaban J connectivity index is 2.42. The van der Waals surface area contributed by atoms with Gasteiger partial charge in [-0.05, 0) is 25.0 Å². The number of nitrogens with one attached hydrogen (secondary N) is 2. The molecule has 0 aromatic carbocycles. The Morgan fingerprint density at radius 1 is 1.30 bits per heavy atom. The molecule has 20 heavy (non-hydrogen) atoms. The van der Waals surface area contributed by atoms with Crippen LogP contribution in [0.2, 0.25) is 0 Å². The summed E-state index contributed by atoms with van der Waals surface area (Å²) < 4.78 is 0. The molecule has 6 nitrogen and oxygen atoms in total. The maximum Gasteiger partial charge on any atom is 0.337 e. The highest BCUT2D eigenvalue weighted by atomic mass is 16.4. The molecule has 0 aliphatic rings. The Kier molecular flexibility index (Phi) is 6.11. The Bertz CT molecular complexity index is 457. The number of aromatic nitrogens is 1. The van der Waals surface area contributed by atoms with Crippen molar-refractivity contribution in [3.05, 3.63) is 29.6 Å². The van der Waals surface area contributed by atoms with E-state index in [4.69, 9.17) is 5.11 Å². The van der Waals surface area contributed by atoms with Crippen molar-refractivity contribution in [3.63, 3.8) is 0 Å². The number of carboxylic acids is 1. The van der Waals surface area contributed by atoms with Gasteiger partial charge in [0, 0.05) is 19.3 Å². The second-order valence-electron chi connectivity index (χ2n) is 5.08. The third-order valence-electron chi connectivity index (χ3n) is 2.74. The molecule has 0 spiro atoms. The van der Waals surface area contributed by atoms with E-state index in [1.807, 2.05) is 13.8 Å². The summed E-state index contributed by atoms with van der Waals surface area (Å²) in [7, 11) is 0. The normalized spacial score (nSPS) is 12.2. The number of nitrogens with zero attached hydrogens (tertiary/aromatic N) is 1. The lowest BCUT2D eigenvalue weighted by molar-refractivity contribution is -0.122. The Hall–Kier alpha value is -1.95. The van der Waals surface area contributed by atoms with Crippen molar-refractivity contribution in [1.29, 1.82) is 0 Å². The van der Waals surface area contributed by atoms with Crippen LogP contribution in [-0.2, 0) is 11.3 Å². The van der Waals surface area contributed by atoms with Crippen LogP contribution in [0.25, 0.3) is 0 Å². The van der Waals surface area contributed by atoms with Crippen molar-refractivity contribution < 1.29 is 14.7 Å². The number of carboxylic acid groups (broad SMARTS) is 1. The van der Waals surface area contributed by atoms with Gasteiger partial charge in [-0.2, -0.15) is 0 Å². The van der Waals surface area contributed by atoms with Gasteiger partial charge >= 0.3 is 5.97 Å². The molecule has 1 unspecified atom stereocenters. The van der Waals surface area contributed by atoms with Gasteiger partial charge in [0.05, 0.1) is 17.3 Å². The summed E-state index contributed by atoms with van der Waals surface area (Å²) in [6.45, 7) is 6.91. The minimum atomic E-state index is -1.00. The lowest BCUT2D eigenvalue weighted by atomic mass is 10.2. The molecule has 0 saturated heterocycles. The highest BCUT2D eigenvalue weighted by Gasteiger charge is 2.12. The van der Waals surface area contributed by atoms with Gasteiger partial charge in [-0.25, -0.2) is 4.79 Å². The summed E-state index contributed by atoms with van der Waals surface area (Å²) in [5.74, 6) is -0.643. The van der Waals surface area contributed by atoms with Gasteiger partial charge in [0.15, 0.2) is 0 Å². The number of rotatable bonds is 7. The molecule has 1 rings (SSSR count). The van der Waals surface area contributed by atoms with Crippen LogP contribution >= 0.6 is 0 Å². The van der Waals surface area contributed by atoms with Crippen LogP contribution in [0.3, 0.4) is 0 Å². The van der Waals surface area contributed by atoms with Gasteiger partial charge in [-0.1, -0.05) is 13.8 Å². The maximum absolute atomic E-state index is 11.7. The van der Waals surface area contributed by atoms with E-state index in [1.54, 1.807) is 13.0 Å². The van der Waals surface area contributed by atoms with Gasteiger partial charge < -0.3 is 15.7 Å². The number of pyridine rings is 1. The quantitative estimate of drug-likeness (QED) is 0.693. The van der Waals surface area contributed by atoms with Crippen molar-refractivity contribution in [3.8, 4) is 0 Å². The van der Waals surface area contributed by atoms with E-state index >= 15 is 0 Å². The van der Waals surface area contributed by atoms with E-state index in [9.17, 15) is 9.59 Å². The minimum Gasteiger partial charge on any atom is -0.478 e. The third kappa shape index (κ3) is 5.36. The van der Waals surface area contributed by atoms with Crippen LogP contribution in [0.15, 0.2) is 18.3 Å². The number of carbonyl (C=O) groups excluding carboxylic acids is 1. The first-order valence-electron chi connectivity index (χ1n) is 6.59. The van der Waals surface area contributed by atoms with Gasteiger partial charge in [0.25, 0.3) is 0 Å². The number of hydrogen-bond donors (Lipinski definition) is 3. The summed E-state index contributed by atoms with van der Waals surface area (Å²) in [5, 5.41) is 14.7. The van der Waals surface area contributed by atoms with Crippen LogP contribution < -0.4 is 10.6 Å². The van der Waals surface area contributed by atoms with Crippen LogP contribution in [-0.4, -0.2) is 34.6 Å². The van der Waals surface area contributed by atoms with Crippen molar-refractivity contribution in [1.82, 2.24) is 15.6 Å². The predicted octanol–water partition coefficient (Wildman–Crippen LogP) is 1.03. The number of amides is 1. The topological polar surface area (TPSA) is 91.3 Å². The molecule has 6 heteroatoms. The lowest BCUT2D eigenvalue weighted by Gasteiger charge is -2.15. The van der Waals surface area contributed by atoms with Crippen molar-refractivity contribution in [2.24, 2.45) is 5.92 Å². The summed E-state index contributed by atoms with van der Waals surface area (Å²) in [6.07, 6.45) is 1.31. The molecule has 0 radical (unpaired) electrons. The zero-order valence-electron chi connectivity index (χ0n) is 12.0. The molecule has 0 aliphatic heterocycles. The minimum absolute atomic E-state index is 0.0548. The molecule has 0 aliphatic carbocycles. The fourth-order valence-corrected chi connectivity index (χ4v) is 1.46. The molecule has 1 aromatic rings. The first-order valence-corrected chi connectivity index (χ1v) is 6.59. The average molecular weight is 279 g/mol. The summed E-state index contributed by atoms with van der Waals surface area (Å²) in [4.78, 5) is 26.5. The van der Waals surface area contributed by atoms with E-state index in [1.165, 1.54) is 12.3 Å². The van der Waals surface area contributed by atoms with Crippen molar-refractivity contribution in [2.45, 2.75) is 33.4 Å². The Morgan fingerprint density at radius 2 is 2.00 bits per heavy atom. The second kappa shape index (κ2) is 7.59. The first kappa shape index (κ1) is 16.1. The fourth-order valence-electron chi connectivity index (χ4n) is 1.46. The lowest BCUT2D eigenvalue weighted by Crippen LogP contribution is -2.43. The molecule has 1 aromatic heterocycles. The molecule has 110 valence electrons. The second-order valence-corrected chi connectivity index (χ2v) is 5.08. The summed E-state index contributed by atoms with van der Waals surface area (Å²) >= 11 is 0. The highest BCUT2D eigenvalue weighted by molar-refractivity contribution is 5.87. The molecule has 1 amide bonds. The monoisotopic (exact) mass is 279 g/mol. The third-order valence-corrected chi connectivity index (χ3v) is 2.74. The van der Waals surface area contributed by atoms with E-state index < -0.39 is 5.97 Å². The van der Waals surface area contributed by atoms with Crippen LogP contribution in [0.1, 0.15) is 36.8 Å². The Morgan fingerprint density at radius 3 is 2.50 bits per heavy atom. The van der Waals surface area contributed by atoms with Crippen LogP contribution in [0.4, 0.5) is 0 Å². The largest absolute Gasteiger partial charge is 0.478 e. The zero-order valence-corrected chi connectivity index (χ0v) is 12.0. The molecule has 3 N–H and O–H groups in total. The molecule has 1 heterocycles. The smallest absolute Gasteiger partial charge is 0.337 e.